The van der Waals surface area contributed by atoms with Gasteiger partial charge in [0.25, 0.3) is 0 Å². The quantitative estimate of drug-likeness (QED) is 0.609. The van der Waals surface area contributed by atoms with E-state index >= 15 is 0 Å². The number of aliphatic carboxylic acids is 1. The van der Waals surface area contributed by atoms with Crippen LogP contribution in [0.15, 0.2) is 0 Å². The number of thioether (sulfide) groups is 1. The Hall–Kier alpha value is -0.710. The molecule has 0 aromatic heterocycles. The third-order valence-electron chi connectivity index (χ3n) is 2.05. The second-order valence-electron chi connectivity index (χ2n) is 3.91. The van der Waals surface area contributed by atoms with Gasteiger partial charge in [0.15, 0.2) is 0 Å². The van der Waals surface area contributed by atoms with E-state index in [1.165, 1.54) is 0 Å². The van der Waals surface area contributed by atoms with Crippen LogP contribution < -0.4 is 5.32 Å². The van der Waals surface area contributed by atoms with Crippen molar-refractivity contribution in [1.82, 2.24) is 5.32 Å². The van der Waals surface area contributed by atoms with Gasteiger partial charge in [0, 0.05) is 13.0 Å². The number of unbranched alkanes of at least 4 members (excludes halogenated alkanes) is 1. The van der Waals surface area contributed by atoms with Crippen LogP contribution in [0.2, 0.25) is 0 Å². The predicted octanol–water partition coefficient (Wildman–Crippen LogP) is 1.75. The molecule has 0 aliphatic heterocycles. The van der Waals surface area contributed by atoms with Crippen molar-refractivity contribution in [2.45, 2.75) is 33.1 Å². The molecule has 4 nitrogen and oxygen atoms in total. The zero-order chi connectivity index (χ0) is 12.4. The summed E-state index contributed by atoms with van der Waals surface area (Å²) in [6, 6.07) is 0. The zero-order valence-electron chi connectivity index (χ0n) is 9.99. The maximum atomic E-state index is 11.3. The minimum atomic E-state index is -0.820. The number of carboxylic acid groups (broad SMARTS) is 1. The lowest BCUT2D eigenvalue weighted by Gasteiger charge is -2.10. The van der Waals surface area contributed by atoms with Crippen molar-refractivity contribution in [2.24, 2.45) is 5.92 Å². The van der Waals surface area contributed by atoms with Crippen LogP contribution in [0.1, 0.15) is 33.1 Å². The molecule has 5 heteroatoms. The summed E-state index contributed by atoms with van der Waals surface area (Å²) < 4.78 is 0. The molecular formula is C11H21NO3S. The first kappa shape index (κ1) is 15.3. The predicted molar refractivity (Wildman–Crippen MR) is 66.7 cm³/mol. The summed E-state index contributed by atoms with van der Waals surface area (Å²) in [5.74, 6) is 0.647. The fraction of sp³-hybridized carbons (Fsp3) is 0.818. The smallest absolute Gasteiger partial charge is 0.303 e. The molecule has 2 N–H and O–H groups in total. The lowest BCUT2D eigenvalue weighted by molar-refractivity contribution is -0.138. The van der Waals surface area contributed by atoms with Gasteiger partial charge in [-0.25, -0.2) is 0 Å². The van der Waals surface area contributed by atoms with Gasteiger partial charge in [-0.15, -0.1) is 0 Å². The minimum absolute atomic E-state index is 0.00154. The highest BCUT2D eigenvalue weighted by atomic mass is 32.2. The van der Waals surface area contributed by atoms with E-state index in [9.17, 15) is 9.59 Å². The van der Waals surface area contributed by atoms with Crippen LogP contribution in [0.25, 0.3) is 0 Å². The van der Waals surface area contributed by atoms with Gasteiger partial charge < -0.3 is 10.4 Å². The molecule has 16 heavy (non-hydrogen) atoms. The molecule has 0 heterocycles. The molecule has 1 unspecified atom stereocenters. The number of carbonyl (C=O) groups is 2. The van der Waals surface area contributed by atoms with Crippen molar-refractivity contribution in [2.75, 3.05) is 18.1 Å². The highest BCUT2D eigenvalue weighted by molar-refractivity contribution is 7.99. The summed E-state index contributed by atoms with van der Waals surface area (Å²) >= 11 is 1.62. The van der Waals surface area contributed by atoms with Gasteiger partial charge in [-0.2, -0.15) is 11.8 Å². The molecule has 0 bridgehead atoms. The standard InChI is InChI=1S/C11H21NO3S/c1-3-4-5-16-8-10(13)12-7-9(2)6-11(14)15/h9H,3-8H2,1-2H3,(H,12,13)(H,14,15). The van der Waals surface area contributed by atoms with E-state index in [-0.39, 0.29) is 18.2 Å². The van der Waals surface area contributed by atoms with E-state index in [0.717, 1.165) is 18.6 Å². The second-order valence-corrected chi connectivity index (χ2v) is 5.02. The van der Waals surface area contributed by atoms with E-state index < -0.39 is 5.97 Å². The Morgan fingerprint density at radius 3 is 2.69 bits per heavy atom. The van der Waals surface area contributed by atoms with Crippen molar-refractivity contribution in [3.63, 3.8) is 0 Å². The number of nitrogens with one attached hydrogen (secondary N) is 1. The normalized spacial score (nSPS) is 12.1. The third-order valence-corrected chi connectivity index (χ3v) is 3.09. The van der Waals surface area contributed by atoms with Crippen LogP contribution in [0.5, 0.6) is 0 Å². The third kappa shape index (κ3) is 9.83. The van der Waals surface area contributed by atoms with Crippen molar-refractivity contribution in [3.05, 3.63) is 0 Å². The molecule has 0 radical (unpaired) electrons. The molecule has 0 saturated heterocycles. The van der Waals surface area contributed by atoms with Crippen LogP contribution in [-0.4, -0.2) is 35.0 Å². The largest absolute Gasteiger partial charge is 0.481 e. The van der Waals surface area contributed by atoms with E-state index in [1.807, 2.05) is 6.92 Å². The number of carboxylic acids is 1. The molecule has 0 aliphatic carbocycles. The molecule has 0 aromatic rings. The maximum Gasteiger partial charge on any atom is 0.303 e. The highest BCUT2D eigenvalue weighted by Gasteiger charge is 2.09. The summed E-state index contributed by atoms with van der Waals surface area (Å²) in [5.41, 5.74) is 0. The van der Waals surface area contributed by atoms with Gasteiger partial charge >= 0.3 is 5.97 Å². The first-order valence-electron chi connectivity index (χ1n) is 5.62. The van der Waals surface area contributed by atoms with Crippen molar-refractivity contribution in [1.29, 1.82) is 0 Å². The first-order valence-corrected chi connectivity index (χ1v) is 6.78. The first-order chi connectivity index (χ1) is 7.56. The fourth-order valence-corrected chi connectivity index (χ4v) is 2.05. The summed E-state index contributed by atoms with van der Waals surface area (Å²) in [5, 5.41) is 11.3. The second kappa shape index (κ2) is 9.51. The van der Waals surface area contributed by atoms with Crippen LogP contribution in [0, 0.1) is 5.92 Å². The van der Waals surface area contributed by atoms with Crippen molar-refractivity contribution in [3.8, 4) is 0 Å². The Morgan fingerprint density at radius 1 is 1.44 bits per heavy atom. The van der Waals surface area contributed by atoms with Crippen LogP contribution in [0.4, 0.5) is 0 Å². The molecule has 1 amide bonds. The number of hydrogen-bond donors (Lipinski definition) is 2. The number of rotatable bonds is 9. The van der Waals surface area contributed by atoms with Gasteiger partial charge in [-0.05, 0) is 18.1 Å². The SMILES string of the molecule is CCCCSCC(=O)NCC(C)CC(=O)O. The van der Waals surface area contributed by atoms with Gasteiger partial charge in [0.05, 0.1) is 5.75 Å². The van der Waals surface area contributed by atoms with E-state index in [0.29, 0.717) is 12.3 Å². The Morgan fingerprint density at radius 2 is 2.12 bits per heavy atom. The van der Waals surface area contributed by atoms with Crippen molar-refractivity contribution < 1.29 is 14.7 Å². The van der Waals surface area contributed by atoms with Gasteiger partial charge in [0.2, 0.25) is 5.91 Å². The molecule has 94 valence electrons. The lowest BCUT2D eigenvalue weighted by atomic mass is 10.1. The van der Waals surface area contributed by atoms with Crippen LogP contribution >= 0.6 is 11.8 Å². The van der Waals surface area contributed by atoms with Crippen LogP contribution in [-0.2, 0) is 9.59 Å². The summed E-state index contributed by atoms with van der Waals surface area (Å²) in [4.78, 5) is 21.7. The fourth-order valence-electron chi connectivity index (χ4n) is 1.12. The van der Waals surface area contributed by atoms with E-state index in [2.05, 4.69) is 12.2 Å². The molecule has 0 aromatic carbocycles. The Balaban J connectivity index is 3.45. The molecule has 0 saturated carbocycles. The molecule has 0 rings (SSSR count). The average molecular weight is 247 g/mol. The van der Waals surface area contributed by atoms with Gasteiger partial charge in [0.1, 0.15) is 0 Å². The molecule has 0 spiro atoms. The monoisotopic (exact) mass is 247 g/mol. The summed E-state index contributed by atoms with van der Waals surface area (Å²) in [6.07, 6.45) is 2.38. The lowest BCUT2D eigenvalue weighted by Crippen LogP contribution is -2.30. The van der Waals surface area contributed by atoms with Gasteiger partial charge in [-0.3, -0.25) is 9.59 Å². The molecule has 1 atom stereocenters. The topological polar surface area (TPSA) is 66.4 Å². The Labute approximate surface area is 101 Å². The van der Waals surface area contributed by atoms with E-state index in [1.54, 1.807) is 11.8 Å². The van der Waals surface area contributed by atoms with Gasteiger partial charge in [-0.1, -0.05) is 20.3 Å². The maximum absolute atomic E-state index is 11.3. The zero-order valence-corrected chi connectivity index (χ0v) is 10.8. The molecule has 0 aliphatic rings. The van der Waals surface area contributed by atoms with E-state index in [4.69, 9.17) is 5.11 Å². The average Bonchev–Trinajstić information content (AvgIpc) is 2.20. The minimum Gasteiger partial charge on any atom is -0.481 e. The number of carbonyl (C=O) groups excluding carboxylic acids is 1. The Kier molecular flexibility index (Phi) is 9.09. The highest BCUT2D eigenvalue weighted by Crippen LogP contribution is 2.04. The number of hydrogen-bond acceptors (Lipinski definition) is 3. The Bertz CT molecular complexity index is 221. The molecular weight excluding hydrogens is 226 g/mol. The molecule has 0 fully saturated rings. The van der Waals surface area contributed by atoms with Crippen molar-refractivity contribution >= 4 is 23.6 Å². The van der Waals surface area contributed by atoms with Crippen LogP contribution in [0.3, 0.4) is 0 Å². The summed E-state index contributed by atoms with van der Waals surface area (Å²) in [7, 11) is 0. The summed E-state index contributed by atoms with van der Waals surface area (Å²) in [6.45, 7) is 4.38. The number of amides is 1.